The molecule has 19 heavy (non-hydrogen) atoms. The smallest absolute Gasteiger partial charge is 0.306 e. The predicted molar refractivity (Wildman–Crippen MR) is 71.4 cm³/mol. The van der Waals surface area contributed by atoms with Crippen LogP contribution >= 0.6 is 0 Å². The third-order valence-corrected chi connectivity index (χ3v) is 2.78. The van der Waals surface area contributed by atoms with E-state index in [1.165, 1.54) is 0 Å². The summed E-state index contributed by atoms with van der Waals surface area (Å²) in [6.45, 7) is 1.99. The molecule has 1 aromatic rings. The normalized spacial score (nSPS) is 11.9. The minimum atomic E-state index is -0.753. The standard InChI is InChI=1S/C15H20O4/c1-2-13(16)10-14(17)8-9-15(18)19-11-12-6-4-3-5-7-12/h3-7,14,17H,2,8-11H2,1H3/t14-/m1/s1. The number of hydrogen-bond acceptors (Lipinski definition) is 4. The first-order valence-corrected chi connectivity index (χ1v) is 6.51. The molecular formula is C15H20O4. The quantitative estimate of drug-likeness (QED) is 0.731. The Morgan fingerprint density at radius 1 is 1.26 bits per heavy atom. The maximum atomic E-state index is 11.5. The first kappa shape index (κ1) is 15.4. The second-order valence-corrected chi connectivity index (χ2v) is 4.44. The van der Waals surface area contributed by atoms with E-state index in [4.69, 9.17) is 4.74 Å². The molecule has 0 bridgehead atoms. The van der Waals surface area contributed by atoms with Crippen LogP contribution in [0, 0.1) is 0 Å². The maximum Gasteiger partial charge on any atom is 0.306 e. The summed E-state index contributed by atoms with van der Waals surface area (Å²) in [5.41, 5.74) is 0.928. The van der Waals surface area contributed by atoms with Crippen LogP contribution < -0.4 is 0 Å². The number of esters is 1. The average molecular weight is 264 g/mol. The van der Waals surface area contributed by atoms with Gasteiger partial charge in [0.2, 0.25) is 0 Å². The number of Topliss-reactive ketones (excluding diaryl/α,β-unsaturated/α-hetero) is 1. The van der Waals surface area contributed by atoms with Gasteiger partial charge in [-0.2, -0.15) is 0 Å². The van der Waals surface area contributed by atoms with E-state index in [0.29, 0.717) is 6.42 Å². The van der Waals surface area contributed by atoms with Crippen molar-refractivity contribution < 1.29 is 19.4 Å². The first-order chi connectivity index (χ1) is 9.11. The van der Waals surface area contributed by atoms with Gasteiger partial charge in [-0.15, -0.1) is 0 Å². The lowest BCUT2D eigenvalue weighted by Crippen LogP contribution is -2.15. The van der Waals surface area contributed by atoms with Crippen molar-refractivity contribution in [3.63, 3.8) is 0 Å². The lowest BCUT2D eigenvalue weighted by molar-refractivity contribution is -0.145. The van der Waals surface area contributed by atoms with Gasteiger partial charge in [0.1, 0.15) is 12.4 Å². The molecule has 0 fully saturated rings. The van der Waals surface area contributed by atoms with Crippen molar-refractivity contribution in [1.29, 1.82) is 0 Å². The highest BCUT2D eigenvalue weighted by atomic mass is 16.5. The molecule has 0 aromatic heterocycles. The second kappa shape index (κ2) is 8.43. The molecule has 0 saturated carbocycles. The molecule has 4 nitrogen and oxygen atoms in total. The molecule has 1 aromatic carbocycles. The van der Waals surface area contributed by atoms with Crippen LogP contribution in [0.25, 0.3) is 0 Å². The number of ketones is 1. The van der Waals surface area contributed by atoms with Gasteiger partial charge < -0.3 is 9.84 Å². The van der Waals surface area contributed by atoms with Crippen LogP contribution in [0.1, 0.15) is 38.2 Å². The van der Waals surface area contributed by atoms with Crippen LogP contribution in [0.2, 0.25) is 0 Å². The molecule has 0 radical (unpaired) electrons. The van der Waals surface area contributed by atoms with Crippen LogP contribution in [-0.4, -0.2) is 23.0 Å². The molecule has 1 atom stereocenters. The lowest BCUT2D eigenvalue weighted by atomic mass is 10.1. The minimum absolute atomic E-state index is 0.00477. The maximum absolute atomic E-state index is 11.5. The largest absolute Gasteiger partial charge is 0.461 e. The van der Waals surface area contributed by atoms with E-state index in [2.05, 4.69) is 0 Å². The molecule has 0 amide bonds. The SMILES string of the molecule is CCC(=O)C[C@H](O)CCC(=O)OCc1ccccc1. The van der Waals surface area contributed by atoms with Gasteiger partial charge in [-0.25, -0.2) is 0 Å². The molecule has 4 heteroatoms. The summed E-state index contributed by atoms with van der Waals surface area (Å²) in [5, 5.41) is 9.56. The van der Waals surface area contributed by atoms with Crippen LogP contribution in [0.5, 0.6) is 0 Å². The molecule has 104 valence electrons. The van der Waals surface area contributed by atoms with Crippen molar-refractivity contribution in [2.24, 2.45) is 0 Å². The number of benzene rings is 1. The molecule has 0 aliphatic rings. The molecule has 0 saturated heterocycles. The highest BCUT2D eigenvalue weighted by molar-refractivity contribution is 5.78. The van der Waals surface area contributed by atoms with Gasteiger partial charge in [-0.3, -0.25) is 9.59 Å². The fourth-order valence-electron chi connectivity index (χ4n) is 1.60. The van der Waals surface area contributed by atoms with E-state index in [0.717, 1.165) is 5.56 Å². The van der Waals surface area contributed by atoms with Crippen molar-refractivity contribution >= 4 is 11.8 Å². The third-order valence-electron chi connectivity index (χ3n) is 2.78. The summed E-state index contributed by atoms with van der Waals surface area (Å²) in [5.74, 6) is -0.350. The Bertz CT molecular complexity index is 400. The summed E-state index contributed by atoms with van der Waals surface area (Å²) in [6.07, 6.45) is 0.166. The van der Waals surface area contributed by atoms with Crippen molar-refractivity contribution in [3.8, 4) is 0 Å². The van der Waals surface area contributed by atoms with Gasteiger partial charge in [-0.1, -0.05) is 37.3 Å². The highest BCUT2D eigenvalue weighted by Crippen LogP contribution is 2.07. The fraction of sp³-hybridized carbons (Fsp3) is 0.467. The van der Waals surface area contributed by atoms with Crippen LogP contribution in [0.3, 0.4) is 0 Å². The summed E-state index contributed by atoms with van der Waals surface area (Å²) in [7, 11) is 0. The van der Waals surface area contributed by atoms with Crippen LogP contribution in [-0.2, 0) is 20.9 Å². The molecule has 1 rings (SSSR count). The van der Waals surface area contributed by atoms with Gasteiger partial charge in [-0.05, 0) is 12.0 Å². The first-order valence-electron chi connectivity index (χ1n) is 6.51. The summed E-state index contributed by atoms with van der Waals surface area (Å²) >= 11 is 0. The zero-order valence-corrected chi connectivity index (χ0v) is 11.2. The summed E-state index contributed by atoms with van der Waals surface area (Å²) < 4.78 is 5.07. The molecule has 0 heterocycles. The van der Waals surface area contributed by atoms with E-state index in [9.17, 15) is 14.7 Å². The lowest BCUT2D eigenvalue weighted by Gasteiger charge is -2.09. The fourth-order valence-corrected chi connectivity index (χ4v) is 1.60. The second-order valence-electron chi connectivity index (χ2n) is 4.44. The van der Waals surface area contributed by atoms with E-state index >= 15 is 0 Å². The average Bonchev–Trinajstić information content (AvgIpc) is 2.43. The molecule has 0 aliphatic heterocycles. The molecule has 0 aliphatic carbocycles. The monoisotopic (exact) mass is 264 g/mol. The Kier molecular flexibility index (Phi) is 6.82. The van der Waals surface area contributed by atoms with E-state index < -0.39 is 6.10 Å². The van der Waals surface area contributed by atoms with Gasteiger partial charge in [0.05, 0.1) is 6.10 Å². The highest BCUT2D eigenvalue weighted by Gasteiger charge is 2.12. The van der Waals surface area contributed by atoms with Crippen molar-refractivity contribution in [2.45, 2.75) is 45.3 Å². The third kappa shape index (κ3) is 6.72. The molecular weight excluding hydrogens is 244 g/mol. The van der Waals surface area contributed by atoms with Crippen LogP contribution in [0.15, 0.2) is 30.3 Å². The summed E-state index contributed by atoms with van der Waals surface area (Å²) in [4.78, 5) is 22.6. The minimum Gasteiger partial charge on any atom is -0.461 e. The number of aliphatic hydroxyl groups is 1. The van der Waals surface area contributed by atoms with E-state index in [-0.39, 0.29) is 37.6 Å². The number of ether oxygens (including phenoxy) is 1. The molecule has 1 N–H and O–H groups in total. The molecule has 0 unspecified atom stereocenters. The number of carbonyl (C=O) groups is 2. The number of aliphatic hydroxyl groups excluding tert-OH is 1. The predicted octanol–water partition coefficient (Wildman–Crippen LogP) is 2.24. The van der Waals surface area contributed by atoms with Crippen molar-refractivity contribution in [1.82, 2.24) is 0 Å². The van der Waals surface area contributed by atoms with Gasteiger partial charge >= 0.3 is 5.97 Å². The zero-order chi connectivity index (χ0) is 14.1. The number of carbonyl (C=O) groups excluding carboxylic acids is 2. The Morgan fingerprint density at radius 3 is 2.58 bits per heavy atom. The van der Waals surface area contributed by atoms with Crippen molar-refractivity contribution in [3.05, 3.63) is 35.9 Å². The van der Waals surface area contributed by atoms with E-state index in [1.54, 1.807) is 6.92 Å². The number of hydrogen-bond donors (Lipinski definition) is 1. The number of rotatable bonds is 8. The zero-order valence-electron chi connectivity index (χ0n) is 11.2. The Hall–Kier alpha value is -1.68. The van der Waals surface area contributed by atoms with Gasteiger partial charge in [0.15, 0.2) is 0 Å². The van der Waals surface area contributed by atoms with Gasteiger partial charge in [0.25, 0.3) is 0 Å². The Balaban J connectivity index is 2.19. The van der Waals surface area contributed by atoms with Crippen molar-refractivity contribution in [2.75, 3.05) is 0 Å². The van der Waals surface area contributed by atoms with E-state index in [1.807, 2.05) is 30.3 Å². The topological polar surface area (TPSA) is 63.6 Å². The summed E-state index contributed by atoms with van der Waals surface area (Å²) in [6, 6.07) is 9.41. The molecule has 0 spiro atoms. The Labute approximate surface area is 113 Å². The van der Waals surface area contributed by atoms with Crippen LogP contribution in [0.4, 0.5) is 0 Å². The van der Waals surface area contributed by atoms with Gasteiger partial charge in [0, 0.05) is 19.3 Å². The Morgan fingerprint density at radius 2 is 1.95 bits per heavy atom.